The molecule has 8 heteroatoms. The largest absolute Gasteiger partial charge is 0.399 e. The lowest BCUT2D eigenvalue weighted by molar-refractivity contribution is 0.0977. The maximum absolute atomic E-state index is 12.5. The van der Waals surface area contributed by atoms with Gasteiger partial charge in [0.15, 0.2) is 0 Å². The Kier molecular flexibility index (Phi) is 3.90. The van der Waals surface area contributed by atoms with Crippen molar-refractivity contribution in [3.8, 4) is 0 Å². The van der Waals surface area contributed by atoms with Crippen molar-refractivity contribution in [2.75, 3.05) is 5.73 Å². The van der Waals surface area contributed by atoms with Gasteiger partial charge in [0.2, 0.25) is 11.6 Å². The van der Waals surface area contributed by atoms with Gasteiger partial charge >= 0.3 is 0 Å². The molecule has 1 aliphatic carbocycles. The number of sulfonamides is 1. The Hall–Kier alpha value is -2.64. The van der Waals surface area contributed by atoms with Crippen LogP contribution in [0.25, 0.3) is 0 Å². The third kappa shape index (κ3) is 2.68. The molecule has 0 bridgehead atoms. The first-order valence-electron chi connectivity index (χ1n) is 6.78. The van der Waals surface area contributed by atoms with E-state index in [-0.39, 0.29) is 16.0 Å². The number of fused-ring (bicyclic) bond motifs is 1. The van der Waals surface area contributed by atoms with E-state index in [0.717, 1.165) is 0 Å². The van der Waals surface area contributed by atoms with Gasteiger partial charge in [-0.2, -0.15) is 0 Å². The van der Waals surface area contributed by atoms with Gasteiger partial charge in [0.25, 0.3) is 10.0 Å². The minimum absolute atomic E-state index is 0.0990. The molecule has 0 saturated carbocycles. The van der Waals surface area contributed by atoms with Crippen molar-refractivity contribution in [2.45, 2.75) is 4.90 Å². The van der Waals surface area contributed by atoms with E-state index in [0.29, 0.717) is 5.69 Å². The third-order valence-electron chi connectivity index (χ3n) is 3.49. The first-order valence-corrected chi connectivity index (χ1v) is 8.64. The number of hydrogen-bond acceptors (Lipinski definition) is 5. The van der Waals surface area contributed by atoms with Gasteiger partial charge in [-0.3, -0.25) is 14.3 Å². The zero-order chi connectivity index (χ0) is 17.5. The SMILES string of the molecule is Nc1ccc(S(=O)(=O)NC2=C(Cl)C(=O)c3ccccc3C2=O)cc1. The van der Waals surface area contributed by atoms with Gasteiger partial charge < -0.3 is 5.73 Å². The summed E-state index contributed by atoms with van der Waals surface area (Å²) in [6.45, 7) is 0. The number of rotatable bonds is 3. The molecule has 0 radical (unpaired) electrons. The van der Waals surface area contributed by atoms with Gasteiger partial charge in [0.1, 0.15) is 10.7 Å². The molecule has 0 amide bonds. The van der Waals surface area contributed by atoms with Gasteiger partial charge in [-0.15, -0.1) is 0 Å². The highest BCUT2D eigenvalue weighted by Crippen LogP contribution is 2.28. The first kappa shape index (κ1) is 16.2. The molecule has 122 valence electrons. The number of Topliss-reactive ketones (excluding diaryl/α,β-unsaturated/α-hetero) is 2. The van der Waals surface area contributed by atoms with Gasteiger partial charge in [-0.1, -0.05) is 35.9 Å². The van der Waals surface area contributed by atoms with E-state index in [1.807, 2.05) is 0 Å². The van der Waals surface area contributed by atoms with E-state index in [1.165, 1.54) is 36.4 Å². The molecule has 2 aromatic carbocycles. The predicted molar refractivity (Wildman–Crippen MR) is 89.2 cm³/mol. The summed E-state index contributed by atoms with van der Waals surface area (Å²) >= 11 is 5.94. The van der Waals surface area contributed by atoms with Crippen molar-refractivity contribution < 1.29 is 18.0 Å². The fourth-order valence-electron chi connectivity index (χ4n) is 2.28. The molecule has 0 aromatic heterocycles. The maximum atomic E-state index is 12.5. The molecular weight excluding hydrogens is 352 g/mol. The number of carbonyl (C=O) groups excluding carboxylic acids is 2. The van der Waals surface area contributed by atoms with E-state index in [1.54, 1.807) is 12.1 Å². The highest BCUT2D eigenvalue weighted by molar-refractivity contribution is 7.89. The van der Waals surface area contributed by atoms with Crippen molar-refractivity contribution in [3.63, 3.8) is 0 Å². The zero-order valence-electron chi connectivity index (χ0n) is 12.1. The van der Waals surface area contributed by atoms with Gasteiger partial charge in [0, 0.05) is 16.8 Å². The van der Waals surface area contributed by atoms with Crippen LogP contribution in [-0.4, -0.2) is 20.0 Å². The fraction of sp³-hybridized carbons (Fsp3) is 0. The Bertz CT molecular complexity index is 995. The number of nitrogens with one attached hydrogen (secondary N) is 1. The van der Waals surface area contributed by atoms with Crippen LogP contribution in [0.4, 0.5) is 5.69 Å². The summed E-state index contributed by atoms with van der Waals surface area (Å²) in [7, 11) is -4.09. The highest BCUT2D eigenvalue weighted by atomic mass is 35.5. The summed E-state index contributed by atoms with van der Waals surface area (Å²) in [5.74, 6) is -1.27. The molecule has 0 unspecified atom stereocenters. The van der Waals surface area contributed by atoms with Crippen molar-refractivity contribution in [2.24, 2.45) is 0 Å². The Morgan fingerprint density at radius 1 is 0.875 bits per heavy atom. The Labute approximate surface area is 143 Å². The number of halogens is 1. The molecule has 3 rings (SSSR count). The van der Waals surface area contributed by atoms with Crippen LogP contribution in [0, 0.1) is 0 Å². The van der Waals surface area contributed by atoms with Gasteiger partial charge in [-0.25, -0.2) is 8.42 Å². The number of allylic oxidation sites excluding steroid dienone is 2. The molecule has 0 atom stereocenters. The molecule has 6 nitrogen and oxygen atoms in total. The van der Waals surface area contributed by atoms with Crippen LogP contribution >= 0.6 is 11.6 Å². The third-order valence-corrected chi connectivity index (χ3v) is 5.22. The monoisotopic (exact) mass is 362 g/mol. The molecule has 0 spiro atoms. The van der Waals surface area contributed by atoms with Crippen LogP contribution in [0.2, 0.25) is 0 Å². The summed E-state index contributed by atoms with van der Waals surface area (Å²) in [6.07, 6.45) is 0. The molecule has 0 saturated heterocycles. The summed E-state index contributed by atoms with van der Waals surface area (Å²) < 4.78 is 26.9. The lowest BCUT2D eigenvalue weighted by atomic mass is 9.93. The van der Waals surface area contributed by atoms with Gasteiger partial charge in [-0.05, 0) is 24.3 Å². The topological polar surface area (TPSA) is 106 Å². The van der Waals surface area contributed by atoms with Crippen LogP contribution in [-0.2, 0) is 10.0 Å². The van der Waals surface area contributed by atoms with Crippen LogP contribution < -0.4 is 10.5 Å². The number of nitrogens with two attached hydrogens (primary N) is 1. The minimum Gasteiger partial charge on any atom is -0.399 e. The normalized spacial score (nSPS) is 14.5. The van der Waals surface area contributed by atoms with Crippen LogP contribution in [0.15, 0.2) is 64.2 Å². The van der Waals surface area contributed by atoms with E-state index >= 15 is 0 Å². The number of ketones is 2. The number of benzene rings is 2. The standard InChI is InChI=1S/C16H11ClN2O4S/c17-13-14(16(21)12-4-2-1-3-11(12)15(13)20)19-24(22,23)10-7-5-9(18)6-8-10/h1-8,19H,18H2. The Balaban J connectivity index is 2.03. The molecule has 2 aromatic rings. The van der Waals surface area contributed by atoms with Crippen LogP contribution in [0.3, 0.4) is 0 Å². The molecular formula is C16H11ClN2O4S. The highest BCUT2D eigenvalue weighted by Gasteiger charge is 2.33. The second-order valence-electron chi connectivity index (χ2n) is 5.07. The number of carbonyl (C=O) groups is 2. The molecule has 0 fully saturated rings. The summed E-state index contributed by atoms with van der Waals surface area (Å²) in [5, 5.41) is -0.460. The maximum Gasteiger partial charge on any atom is 0.262 e. The Morgan fingerprint density at radius 2 is 1.42 bits per heavy atom. The summed E-state index contributed by atoms with van der Waals surface area (Å²) in [4.78, 5) is 24.6. The predicted octanol–water partition coefficient (Wildman–Crippen LogP) is 2.08. The lowest BCUT2D eigenvalue weighted by Crippen LogP contribution is -2.33. The summed E-state index contributed by atoms with van der Waals surface area (Å²) in [6, 6.07) is 11.5. The minimum atomic E-state index is -4.09. The van der Waals surface area contributed by atoms with Crippen molar-refractivity contribution in [1.82, 2.24) is 4.72 Å². The second kappa shape index (κ2) is 5.77. The fourth-order valence-corrected chi connectivity index (χ4v) is 3.64. The Morgan fingerprint density at radius 3 is 2.00 bits per heavy atom. The molecule has 24 heavy (non-hydrogen) atoms. The second-order valence-corrected chi connectivity index (χ2v) is 7.13. The lowest BCUT2D eigenvalue weighted by Gasteiger charge is -2.18. The number of hydrogen-bond donors (Lipinski definition) is 2. The quantitative estimate of drug-likeness (QED) is 0.813. The molecule has 3 N–H and O–H groups in total. The average molecular weight is 363 g/mol. The number of anilines is 1. The summed E-state index contributed by atoms with van der Waals surface area (Å²) in [5.41, 5.74) is 5.70. The van der Waals surface area contributed by atoms with Crippen LogP contribution in [0.1, 0.15) is 20.7 Å². The molecule has 0 aliphatic heterocycles. The zero-order valence-corrected chi connectivity index (χ0v) is 13.7. The van der Waals surface area contributed by atoms with E-state index in [2.05, 4.69) is 4.72 Å². The first-order chi connectivity index (χ1) is 11.3. The van der Waals surface area contributed by atoms with E-state index < -0.39 is 32.3 Å². The van der Waals surface area contributed by atoms with Crippen LogP contribution in [0.5, 0.6) is 0 Å². The van der Waals surface area contributed by atoms with Crippen molar-refractivity contribution in [1.29, 1.82) is 0 Å². The van der Waals surface area contributed by atoms with E-state index in [9.17, 15) is 18.0 Å². The smallest absolute Gasteiger partial charge is 0.262 e. The van der Waals surface area contributed by atoms with Crippen molar-refractivity contribution in [3.05, 3.63) is 70.4 Å². The number of nitrogen functional groups attached to an aromatic ring is 1. The average Bonchev–Trinajstić information content (AvgIpc) is 2.57. The van der Waals surface area contributed by atoms with Gasteiger partial charge in [0.05, 0.1) is 4.90 Å². The molecule has 1 aliphatic rings. The van der Waals surface area contributed by atoms with E-state index in [4.69, 9.17) is 17.3 Å². The molecule has 0 heterocycles. The van der Waals surface area contributed by atoms with Crippen molar-refractivity contribution >= 4 is 38.9 Å².